The summed E-state index contributed by atoms with van der Waals surface area (Å²) in [7, 11) is -2.61. The summed E-state index contributed by atoms with van der Waals surface area (Å²) in [6.07, 6.45) is -0.506. The lowest BCUT2D eigenvalue weighted by Crippen LogP contribution is -2.67. The third kappa shape index (κ3) is 4.36. The van der Waals surface area contributed by atoms with E-state index in [1.54, 1.807) is 0 Å². The molecule has 28 heavy (non-hydrogen) atoms. The van der Waals surface area contributed by atoms with Crippen LogP contribution in [-0.2, 0) is 23.7 Å². The number of carbonyl (C=O) groups is 1. The summed E-state index contributed by atoms with van der Waals surface area (Å²) in [5.41, 5.74) is 0. The molecular formula is C22H28O5Si. The molecule has 0 saturated carbocycles. The van der Waals surface area contributed by atoms with Crippen molar-refractivity contribution in [2.24, 2.45) is 0 Å². The number of esters is 1. The summed E-state index contributed by atoms with van der Waals surface area (Å²) in [6.45, 7) is 8.41. The van der Waals surface area contributed by atoms with Crippen LogP contribution < -0.4 is 10.4 Å². The van der Waals surface area contributed by atoms with Crippen molar-refractivity contribution >= 4 is 24.7 Å². The molecule has 5 nitrogen and oxygen atoms in total. The Morgan fingerprint density at radius 1 is 1.00 bits per heavy atom. The molecule has 0 aromatic heterocycles. The first-order valence-corrected chi connectivity index (χ1v) is 11.5. The lowest BCUT2D eigenvalue weighted by Gasteiger charge is -2.43. The van der Waals surface area contributed by atoms with Gasteiger partial charge in [-0.15, -0.1) is 0 Å². The fraction of sp³-hybridized carbons (Fsp3) is 0.409. The van der Waals surface area contributed by atoms with Crippen molar-refractivity contribution in [3.63, 3.8) is 0 Å². The molecule has 1 aliphatic heterocycles. The molecule has 2 atom stereocenters. The monoisotopic (exact) mass is 400 g/mol. The van der Waals surface area contributed by atoms with Crippen molar-refractivity contribution in [1.29, 1.82) is 0 Å². The average Bonchev–Trinajstić information content (AvgIpc) is 3.09. The highest BCUT2D eigenvalue weighted by molar-refractivity contribution is 6.99. The molecule has 2 aromatic carbocycles. The smallest absolute Gasteiger partial charge is 0.305 e. The minimum Gasteiger partial charge on any atom is -0.433 e. The van der Waals surface area contributed by atoms with Gasteiger partial charge in [0.15, 0.2) is 0 Å². The van der Waals surface area contributed by atoms with Crippen molar-refractivity contribution in [2.75, 3.05) is 6.61 Å². The number of hydrogen-bond acceptors (Lipinski definition) is 5. The van der Waals surface area contributed by atoms with Crippen molar-refractivity contribution in [1.82, 2.24) is 0 Å². The largest absolute Gasteiger partial charge is 0.433 e. The molecule has 2 unspecified atom stereocenters. The second kappa shape index (κ2) is 8.57. The van der Waals surface area contributed by atoms with Crippen molar-refractivity contribution in [2.45, 2.75) is 51.5 Å². The van der Waals surface area contributed by atoms with Gasteiger partial charge in [-0.2, -0.15) is 4.89 Å². The highest BCUT2D eigenvalue weighted by Gasteiger charge is 2.50. The topological polar surface area (TPSA) is 54.0 Å². The van der Waals surface area contributed by atoms with Gasteiger partial charge in [0.2, 0.25) is 6.29 Å². The summed E-state index contributed by atoms with van der Waals surface area (Å²) >= 11 is 0. The second-order valence-electron chi connectivity index (χ2n) is 8.06. The summed E-state index contributed by atoms with van der Waals surface area (Å²) < 4.78 is 11.9. The molecule has 1 fully saturated rings. The van der Waals surface area contributed by atoms with Gasteiger partial charge >= 0.3 is 5.97 Å². The van der Waals surface area contributed by atoms with Gasteiger partial charge in [0.25, 0.3) is 8.32 Å². The molecule has 0 amide bonds. The molecule has 1 aliphatic rings. The lowest BCUT2D eigenvalue weighted by molar-refractivity contribution is -0.336. The Kier molecular flexibility index (Phi) is 6.35. The van der Waals surface area contributed by atoms with Crippen LogP contribution in [-0.4, -0.2) is 33.3 Å². The van der Waals surface area contributed by atoms with Crippen molar-refractivity contribution in [3.8, 4) is 0 Å². The third-order valence-electron chi connectivity index (χ3n) is 4.95. The van der Waals surface area contributed by atoms with Crippen LogP contribution in [0.1, 0.15) is 34.1 Å². The molecule has 2 aromatic rings. The van der Waals surface area contributed by atoms with Gasteiger partial charge in [0.1, 0.15) is 6.10 Å². The van der Waals surface area contributed by atoms with E-state index in [1.165, 1.54) is 17.3 Å². The van der Waals surface area contributed by atoms with Gasteiger partial charge in [-0.3, -0.25) is 4.79 Å². The maximum atomic E-state index is 11.1. The summed E-state index contributed by atoms with van der Waals surface area (Å²) in [5, 5.41) is 2.32. The molecule has 0 radical (unpaired) electrons. The van der Waals surface area contributed by atoms with Crippen LogP contribution in [0, 0.1) is 0 Å². The predicted octanol–water partition coefficient (Wildman–Crippen LogP) is 3.17. The normalized spacial score (nSPS) is 20.1. The molecule has 150 valence electrons. The van der Waals surface area contributed by atoms with E-state index in [4.69, 9.17) is 18.9 Å². The molecule has 0 N–H and O–H groups in total. The summed E-state index contributed by atoms with van der Waals surface area (Å²) in [4.78, 5) is 21.6. The Balaban J connectivity index is 1.90. The first kappa shape index (κ1) is 20.7. The number of ether oxygens (including phenoxy) is 1. The minimum atomic E-state index is -2.61. The Labute approximate surface area is 167 Å². The predicted molar refractivity (Wildman–Crippen MR) is 110 cm³/mol. The van der Waals surface area contributed by atoms with Crippen LogP contribution in [0.2, 0.25) is 5.04 Å². The van der Waals surface area contributed by atoms with E-state index in [1.807, 2.05) is 12.1 Å². The minimum absolute atomic E-state index is 0.107. The molecule has 6 heteroatoms. The summed E-state index contributed by atoms with van der Waals surface area (Å²) in [5.74, 6) is -0.387. The zero-order chi connectivity index (χ0) is 20.2. The Morgan fingerprint density at radius 3 is 2.00 bits per heavy atom. The fourth-order valence-electron chi connectivity index (χ4n) is 3.76. The van der Waals surface area contributed by atoms with Gasteiger partial charge < -0.3 is 9.16 Å². The van der Waals surface area contributed by atoms with Gasteiger partial charge in [0, 0.05) is 13.3 Å². The number of carbonyl (C=O) groups excluding carboxylic acids is 1. The van der Waals surface area contributed by atoms with E-state index in [-0.39, 0.29) is 17.1 Å². The van der Waals surface area contributed by atoms with Crippen LogP contribution in [0.3, 0.4) is 0 Å². The molecular weight excluding hydrogens is 372 g/mol. The second-order valence-corrected chi connectivity index (χ2v) is 12.4. The van der Waals surface area contributed by atoms with E-state index < -0.39 is 14.6 Å². The molecule has 1 heterocycles. The van der Waals surface area contributed by atoms with E-state index in [9.17, 15) is 4.79 Å². The Hall–Kier alpha value is -1.99. The first-order valence-electron chi connectivity index (χ1n) is 9.57. The Morgan fingerprint density at radius 2 is 1.54 bits per heavy atom. The van der Waals surface area contributed by atoms with Crippen LogP contribution >= 0.6 is 0 Å². The lowest BCUT2D eigenvalue weighted by atomic mass is 10.2. The maximum Gasteiger partial charge on any atom is 0.305 e. The fourth-order valence-corrected chi connectivity index (χ4v) is 8.35. The standard InChI is InChI=1S/C22H28O5Si/c1-17(23)25-21-15-18(26-27-21)16-24-28(22(2,3)4,19-11-7-5-8-12-19)20-13-9-6-10-14-20/h5-14,18,21H,15-16H2,1-4H3. The van der Waals surface area contributed by atoms with Crippen LogP contribution in [0.5, 0.6) is 0 Å². The van der Waals surface area contributed by atoms with Crippen LogP contribution in [0.4, 0.5) is 0 Å². The van der Waals surface area contributed by atoms with Gasteiger partial charge in [-0.1, -0.05) is 81.4 Å². The van der Waals surface area contributed by atoms with E-state index in [0.717, 1.165) is 0 Å². The quantitative estimate of drug-likeness (QED) is 0.424. The van der Waals surface area contributed by atoms with E-state index in [0.29, 0.717) is 13.0 Å². The molecule has 0 spiro atoms. The Bertz CT molecular complexity index is 733. The van der Waals surface area contributed by atoms with Gasteiger partial charge in [0.05, 0.1) is 6.61 Å². The molecule has 0 aliphatic carbocycles. The number of hydrogen-bond donors (Lipinski definition) is 0. The maximum absolute atomic E-state index is 11.1. The highest BCUT2D eigenvalue weighted by Crippen LogP contribution is 2.37. The zero-order valence-electron chi connectivity index (χ0n) is 16.9. The highest BCUT2D eigenvalue weighted by atomic mass is 28.4. The van der Waals surface area contributed by atoms with Crippen LogP contribution in [0.15, 0.2) is 60.7 Å². The van der Waals surface area contributed by atoms with Crippen molar-refractivity contribution in [3.05, 3.63) is 60.7 Å². The van der Waals surface area contributed by atoms with Crippen molar-refractivity contribution < 1.29 is 23.7 Å². The van der Waals surface area contributed by atoms with Gasteiger partial charge in [-0.05, 0) is 15.4 Å². The van der Waals surface area contributed by atoms with E-state index >= 15 is 0 Å². The van der Waals surface area contributed by atoms with Gasteiger partial charge in [-0.25, -0.2) is 4.89 Å². The first-order chi connectivity index (χ1) is 13.3. The molecule has 0 bridgehead atoms. The third-order valence-corrected chi connectivity index (χ3v) is 9.96. The average molecular weight is 401 g/mol. The zero-order valence-corrected chi connectivity index (χ0v) is 17.9. The SMILES string of the molecule is CC(=O)OC1CC(CO[Si](c2ccccc2)(c2ccccc2)C(C)(C)C)OO1. The van der Waals surface area contributed by atoms with E-state index in [2.05, 4.69) is 69.3 Å². The summed E-state index contributed by atoms with van der Waals surface area (Å²) in [6, 6.07) is 20.9. The number of rotatable bonds is 6. The number of benzene rings is 2. The molecule has 1 saturated heterocycles. The van der Waals surface area contributed by atoms with Crippen LogP contribution in [0.25, 0.3) is 0 Å². The molecule has 3 rings (SSSR count).